The van der Waals surface area contributed by atoms with E-state index in [1.54, 1.807) is 36.4 Å². The van der Waals surface area contributed by atoms with Crippen LogP contribution in [-0.2, 0) is 0 Å². The highest BCUT2D eigenvalue weighted by molar-refractivity contribution is 5.94. The van der Waals surface area contributed by atoms with Crippen molar-refractivity contribution in [3.8, 4) is 11.5 Å². The molecule has 0 N–H and O–H groups in total. The fourth-order valence-electron chi connectivity index (χ4n) is 3.85. The monoisotopic (exact) mass is 354 g/mol. The number of carbonyl (C=O) groups is 1. The van der Waals surface area contributed by atoms with Crippen LogP contribution < -0.4 is 4.74 Å². The minimum Gasteiger partial charge on any atom is -0.457 e. The van der Waals surface area contributed by atoms with Gasteiger partial charge in [0.05, 0.1) is 0 Å². The second kappa shape index (κ2) is 7.46. The summed E-state index contributed by atoms with van der Waals surface area (Å²) >= 11 is 0. The van der Waals surface area contributed by atoms with E-state index in [2.05, 4.69) is 4.90 Å². The number of benzene rings is 2. The van der Waals surface area contributed by atoms with Crippen LogP contribution in [0.3, 0.4) is 0 Å². The predicted octanol–water partition coefficient (Wildman–Crippen LogP) is 3.93. The molecule has 2 heterocycles. The summed E-state index contributed by atoms with van der Waals surface area (Å²) < 4.78 is 18.9. The molecule has 0 aromatic heterocycles. The number of rotatable bonds is 4. The van der Waals surface area contributed by atoms with Crippen molar-refractivity contribution >= 4 is 5.91 Å². The zero-order valence-electron chi connectivity index (χ0n) is 14.7. The van der Waals surface area contributed by atoms with E-state index >= 15 is 0 Å². The van der Waals surface area contributed by atoms with Crippen LogP contribution in [0, 0.1) is 5.82 Å². The van der Waals surface area contributed by atoms with E-state index in [1.807, 2.05) is 4.90 Å². The molecule has 5 heteroatoms. The fraction of sp³-hybridized carbons (Fsp3) is 0.381. The van der Waals surface area contributed by atoms with Gasteiger partial charge < -0.3 is 9.64 Å². The lowest BCUT2D eigenvalue weighted by Gasteiger charge is -2.23. The van der Waals surface area contributed by atoms with E-state index in [1.165, 1.54) is 38.1 Å². The van der Waals surface area contributed by atoms with Gasteiger partial charge in [0.15, 0.2) is 0 Å². The average Bonchev–Trinajstić information content (AvgIpc) is 3.33. The summed E-state index contributed by atoms with van der Waals surface area (Å²) in [5.41, 5.74) is 0.665. The number of amides is 1. The van der Waals surface area contributed by atoms with Crippen molar-refractivity contribution in [2.45, 2.75) is 25.3 Å². The maximum absolute atomic E-state index is 13.2. The van der Waals surface area contributed by atoms with Gasteiger partial charge in [-0.2, -0.15) is 0 Å². The van der Waals surface area contributed by atoms with Gasteiger partial charge in [0, 0.05) is 30.8 Å². The van der Waals surface area contributed by atoms with E-state index in [9.17, 15) is 9.18 Å². The van der Waals surface area contributed by atoms with Gasteiger partial charge in [0.1, 0.15) is 17.3 Å². The maximum atomic E-state index is 13.2. The third-order valence-electron chi connectivity index (χ3n) is 5.24. The van der Waals surface area contributed by atoms with Crippen LogP contribution in [0.4, 0.5) is 4.39 Å². The molecule has 136 valence electrons. The molecule has 1 atom stereocenters. The first-order valence-electron chi connectivity index (χ1n) is 9.26. The normalized spacial score (nSPS) is 20.5. The topological polar surface area (TPSA) is 32.8 Å². The first-order chi connectivity index (χ1) is 12.7. The van der Waals surface area contributed by atoms with E-state index < -0.39 is 0 Å². The number of nitrogens with zero attached hydrogens (tertiary/aromatic N) is 2. The van der Waals surface area contributed by atoms with Gasteiger partial charge in [-0.25, -0.2) is 4.39 Å². The number of hydrogen-bond donors (Lipinski definition) is 0. The highest BCUT2D eigenvalue weighted by atomic mass is 19.1. The zero-order valence-corrected chi connectivity index (χ0v) is 14.7. The molecule has 0 aliphatic carbocycles. The number of carbonyl (C=O) groups excluding carboxylic acids is 1. The molecule has 2 aliphatic heterocycles. The van der Waals surface area contributed by atoms with Gasteiger partial charge in [0.25, 0.3) is 5.91 Å². The first kappa shape index (κ1) is 17.0. The Morgan fingerprint density at radius 2 is 1.77 bits per heavy atom. The van der Waals surface area contributed by atoms with Crippen molar-refractivity contribution in [2.75, 3.05) is 26.2 Å². The molecule has 2 aliphatic rings. The minimum absolute atomic E-state index is 0.0732. The highest BCUT2D eigenvalue weighted by Crippen LogP contribution is 2.25. The summed E-state index contributed by atoms with van der Waals surface area (Å²) in [5.74, 6) is 0.764. The summed E-state index contributed by atoms with van der Waals surface area (Å²) in [5, 5.41) is 0. The van der Waals surface area contributed by atoms with Gasteiger partial charge in [-0.05, 0) is 68.8 Å². The number of hydrogen-bond acceptors (Lipinski definition) is 3. The molecule has 2 aromatic carbocycles. The molecular formula is C21H23FN2O2. The third kappa shape index (κ3) is 3.73. The van der Waals surface area contributed by atoms with Crippen molar-refractivity contribution in [1.29, 1.82) is 0 Å². The SMILES string of the molecule is O=C(c1ccc(Oc2cccc(F)c2)cc1)N1CCC(N2CCCC2)C1. The van der Waals surface area contributed by atoms with Crippen LogP contribution in [0.5, 0.6) is 11.5 Å². The molecule has 26 heavy (non-hydrogen) atoms. The van der Waals surface area contributed by atoms with Crippen molar-refractivity contribution in [2.24, 2.45) is 0 Å². The van der Waals surface area contributed by atoms with Crippen molar-refractivity contribution < 1.29 is 13.9 Å². The number of likely N-dealkylation sites (tertiary alicyclic amines) is 2. The van der Waals surface area contributed by atoms with Crippen molar-refractivity contribution in [3.63, 3.8) is 0 Å². The van der Waals surface area contributed by atoms with E-state index in [4.69, 9.17) is 4.74 Å². The van der Waals surface area contributed by atoms with Gasteiger partial charge in [-0.3, -0.25) is 9.69 Å². The van der Waals surface area contributed by atoms with Crippen LogP contribution in [0.25, 0.3) is 0 Å². The van der Waals surface area contributed by atoms with Crippen LogP contribution in [0.1, 0.15) is 29.6 Å². The number of ether oxygens (including phenoxy) is 1. The lowest BCUT2D eigenvalue weighted by molar-refractivity contribution is 0.0780. The Morgan fingerprint density at radius 1 is 1.00 bits per heavy atom. The van der Waals surface area contributed by atoms with Crippen LogP contribution >= 0.6 is 0 Å². The molecule has 4 nitrogen and oxygen atoms in total. The van der Waals surface area contributed by atoms with Crippen molar-refractivity contribution in [1.82, 2.24) is 9.80 Å². The summed E-state index contributed by atoms with van der Waals surface area (Å²) in [7, 11) is 0. The van der Waals surface area contributed by atoms with E-state index in [0.29, 0.717) is 23.1 Å². The predicted molar refractivity (Wildman–Crippen MR) is 98.0 cm³/mol. The van der Waals surface area contributed by atoms with Gasteiger partial charge in [-0.15, -0.1) is 0 Å². The summed E-state index contributed by atoms with van der Waals surface area (Å²) in [6.45, 7) is 3.97. The maximum Gasteiger partial charge on any atom is 0.253 e. The van der Waals surface area contributed by atoms with E-state index in [-0.39, 0.29) is 11.7 Å². The molecule has 0 saturated carbocycles. The molecule has 0 bridgehead atoms. The summed E-state index contributed by atoms with van der Waals surface area (Å²) in [4.78, 5) is 17.2. The van der Waals surface area contributed by atoms with E-state index in [0.717, 1.165) is 19.5 Å². The summed E-state index contributed by atoms with van der Waals surface area (Å²) in [6.07, 6.45) is 3.61. The fourth-order valence-corrected chi connectivity index (χ4v) is 3.85. The minimum atomic E-state index is -0.337. The molecule has 1 amide bonds. The standard InChI is InChI=1S/C21H23FN2O2/c22-17-4-3-5-20(14-17)26-19-8-6-16(7-9-19)21(25)24-13-10-18(15-24)23-11-1-2-12-23/h3-9,14,18H,1-2,10-13,15H2. The Balaban J connectivity index is 1.38. The molecule has 4 rings (SSSR count). The molecule has 2 aromatic rings. The Hall–Kier alpha value is -2.40. The van der Waals surface area contributed by atoms with Crippen molar-refractivity contribution in [3.05, 3.63) is 59.9 Å². The Kier molecular flexibility index (Phi) is 4.89. The number of halogens is 1. The van der Waals surface area contributed by atoms with Gasteiger partial charge in [-0.1, -0.05) is 6.07 Å². The molecule has 1 unspecified atom stereocenters. The first-order valence-corrected chi connectivity index (χ1v) is 9.26. The lowest BCUT2D eigenvalue weighted by Crippen LogP contribution is -2.37. The highest BCUT2D eigenvalue weighted by Gasteiger charge is 2.31. The quantitative estimate of drug-likeness (QED) is 0.834. The Morgan fingerprint density at radius 3 is 2.50 bits per heavy atom. The second-order valence-electron chi connectivity index (χ2n) is 7.02. The third-order valence-corrected chi connectivity index (χ3v) is 5.24. The van der Waals surface area contributed by atoms with Crippen LogP contribution in [0.2, 0.25) is 0 Å². The van der Waals surface area contributed by atoms with Gasteiger partial charge in [0.2, 0.25) is 0 Å². The molecule has 0 spiro atoms. The lowest BCUT2D eigenvalue weighted by atomic mass is 10.2. The summed E-state index contributed by atoms with van der Waals surface area (Å²) in [6, 6.07) is 13.6. The zero-order chi connectivity index (χ0) is 17.9. The second-order valence-corrected chi connectivity index (χ2v) is 7.02. The Bertz CT molecular complexity index is 772. The molecule has 2 saturated heterocycles. The molecule has 2 fully saturated rings. The Labute approximate surface area is 153 Å². The van der Waals surface area contributed by atoms with Crippen LogP contribution in [-0.4, -0.2) is 47.9 Å². The molecule has 0 radical (unpaired) electrons. The smallest absolute Gasteiger partial charge is 0.253 e. The van der Waals surface area contributed by atoms with Crippen LogP contribution in [0.15, 0.2) is 48.5 Å². The largest absolute Gasteiger partial charge is 0.457 e. The average molecular weight is 354 g/mol. The molecular weight excluding hydrogens is 331 g/mol. The van der Waals surface area contributed by atoms with Gasteiger partial charge >= 0.3 is 0 Å².